The molecule has 0 spiro atoms. The van der Waals surface area contributed by atoms with Gasteiger partial charge in [-0.15, -0.1) is 0 Å². The molecule has 1 N–H and O–H groups in total. The van der Waals surface area contributed by atoms with Crippen molar-refractivity contribution >= 4 is 21.7 Å². The molecular formula is C21H14N4. The molecule has 4 heteroatoms. The van der Waals surface area contributed by atoms with E-state index < -0.39 is 0 Å². The topological polar surface area (TPSA) is 54.5 Å². The zero-order valence-corrected chi connectivity index (χ0v) is 13.3. The molecule has 5 rings (SSSR count). The zero-order chi connectivity index (χ0) is 16.6. The van der Waals surface area contributed by atoms with E-state index in [1.807, 2.05) is 36.9 Å². The van der Waals surface area contributed by atoms with Crippen LogP contribution in [0.3, 0.4) is 0 Å². The lowest BCUT2D eigenvalue weighted by Crippen LogP contribution is -1.92. The molecule has 0 aliphatic rings. The molecule has 0 aliphatic heterocycles. The average molecular weight is 322 g/mol. The molecular weight excluding hydrogens is 308 g/mol. The first-order valence-corrected chi connectivity index (χ1v) is 8.13. The van der Waals surface area contributed by atoms with Gasteiger partial charge in [-0.1, -0.05) is 30.3 Å². The van der Waals surface area contributed by atoms with Gasteiger partial charge in [-0.3, -0.25) is 4.98 Å². The lowest BCUT2D eigenvalue weighted by atomic mass is 9.89. The van der Waals surface area contributed by atoms with Crippen molar-refractivity contribution in [2.75, 3.05) is 0 Å². The molecule has 0 fully saturated rings. The first-order valence-electron chi connectivity index (χ1n) is 8.13. The molecule has 118 valence electrons. The molecule has 0 atom stereocenters. The van der Waals surface area contributed by atoms with Crippen molar-refractivity contribution in [2.45, 2.75) is 0 Å². The van der Waals surface area contributed by atoms with Gasteiger partial charge < -0.3 is 4.98 Å². The number of hydrogen-bond acceptors (Lipinski definition) is 3. The Hall–Kier alpha value is -3.53. The van der Waals surface area contributed by atoms with Crippen molar-refractivity contribution in [3.63, 3.8) is 0 Å². The molecule has 0 bridgehead atoms. The molecule has 0 radical (unpaired) electrons. The molecule has 4 nitrogen and oxygen atoms in total. The summed E-state index contributed by atoms with van der Waals surface area (Å²) < 4.78 is 0. The van der Waals surface area contributed by atoms with Crippen LogP contribution in [0.4, 0.5) is 0 Å². The lowest BCUT2D eigenvalue weighted by molar-refractivity contribution is 1.03. The first-order chi connectivity index (χ1) is 12.4. The number of nitrogens with zero attached hydrogens (tertiary/aromatic N) is 3. The van der Waals surface area contributed by atoms with Gasteiger partial charge in [0.05, 0.1) is 17.9 Å². The predicted octanol–water partition coefficient (Wildman–Crippen LogP) is 4.84. The smallest absolute Gasteiger partial charge is 0.0793 e. The highest BCUT2D eigenvalue weighted by atomic mass is 15.1. The fourth-order valence-corrected chi connectivity index (χ4v) is 3.52. The Balaban J connectivity index is 2.04. The number of pyridine rings is 1. The number of nitrogens with one attached hydrogen (secondary N) is 1. The van der Waals surface area contributed by atoms with Crippen LogP contribution >= 0.6 is 0 Å². The molecule has 25 heavy (non-hydrogen) atoms. The van der Waals surface area contributed by atoms with Gasteiger partial charge in [0.15, 0.2) is 0 Å². The summed E-state index contributed by atoms with van der Waals surface area (Å²) in [7, 11) is 0. The monoisotopic (exact) mass is 322 g/mol. The van der Waals surface area contributed by atoms with Crippen LogP contribution in [0.2, 0.25) is 0 Å². The molecule has 0 aliphatic carbocycles. The second-order valence-corrected chi connectivity index (χ2v) is 5.93. The summed E-state index contributed by atoms with van der Waals surface area (Å²) in [5.41, 5.74) is 5.47. The molecule has 0 saturated heterocycles. The Bertz CT molecular complexity index is 1120. The van der Waals surface area contributed by atoms with Crippen LogP contribution < -0.4 is 0 Å². The number of hydrogen-bond donors (Lipinski definition) is 1. The molecule has 0 amide bonds. The second-order valence-electron chi connectivity index (χ2n) is 5.93. The fraction of sp³-hybridized carbons (Fsp3) is 0. The van der Waals surface area contributed by atoms with E-state index in [4.69, 9.17) is 4.98 Å². The number of H-pyrrole nitrogens is 1. The van der Waals surface area contributed by atoms with Crippen LogP contribution in [0, 0.1) is 0 Å². The molecule has 0 saturated carbocycles. The van der Waals surface area contributed by atoms with E-state index in [2.05, 4.69) is 51.6 Å². The van der Waals surface area contributed by atoms with E-state index in [0.717, 1.165) is 33.2 Å². The van der Waals surface area contributed by atoms with Gasteiger partial charge in [0.2, 0.25) is 0 Å². The van der Waals surface area contributed by atoms with Crippen LogP contribution in [-0.4, -0.2) is 20.2 Å². The van der Waals surface area contributed by atoms with E-state index in [0.29, 0.717) is 0 Å². The van der Waals surface area contributed by atoms with Crippen LogP contribution in [0.15, 0.2) is 79.5 Å². The van der Waals surface area contributed by atoms with Crippen molar-refractivity contribution in [3.05, 3.63) is 79.5 Å². The van der Waals surface area contributed by atoms with Gasteiger partial charge in [0.1, 0.15) is 0 Å². The summed E-state index contributed by atoms with van der Waals surface area (Å²) in [5, 5.41) is 11.5. The van der Waals surface area contributed by atoms with Gasteiger partial charge in [-0.05, 0) is 29.0 Å². The van der Waals surface area contributed by atoms with Gasteiger partial charge in [-0.2, -0.15) is 10.2 Å². The molecule has 0 unspecified atom stereocenters. The van der Waals surface area contributed by atoms with Gasteiger partial charge in [0.25, 0.3) is 0 Å². The summed E-state index contributed by atoms with van der Waals surface area (Å²) >= 11 is 0. The number of aromatic amines is 1. The highest BCUT2D eigenvalue weighted by molar-refractivity contribution is 6.20. The number of fused-ring (bicyclic) bond motifs is 2. The van der Waals surface area contributed by atoms with Crippen molar-refractivity contribution in [3.8, 4) is 22.3 Å². The minimum Gasteiger partial charge on any atom is -0.367 e. The number of benzene rings is 2. The standard InChI is InChI=1S/C21H14N4/c1-2-5-17-16(4-1)19(15-8-11-24-25-13-15)18-6-3-9-23-21(18)20(17)14-7-10-22-12-14/h1-13,22H. The Morgan fingerprint density at radius 1 is 0.680 bits per heavy atom. The Kier molecular flexibility index (Phi) is 3.07. The largest absolute Gasteiger partial charge is 0.367 e. The van der Waals surface area contributed by atoms with Crippen molar-refractivity contribution < 1.29 is 0 Å². The maximum Gasteiger partial charge on any atom is 0.0793 e. The summed E-state index contributed by atoms with van der Waals surface area (Å²) in [6.07, 6.45) is 9.35. The van der Waals surface area contributed by atoms with Crippen molar-refractivity contribution in [1.29, 1.82) is 0 Å². The molecule has 2 aromatic carbocycles. The maximum absolute atomic E-state index is 4.72. The van der Waals surface area contributed by atoms with Gasteiger partial charge >= 0.3 is 0 Å². The third-order valence-electron chi connectivity index (χ3n) is 4.54. The normalized spacial score (nSPS) is 11.2. The van der Waals surface area contributed by atoms with Crippen LogP contribution in [0.1, 0.15) is 0 Å². The third-order valence-corrected chi connectivity index (χ3v) is 4.54. The minimum atomic E-state index is 0.993. The Morgan fingerprint density at radius 2 is 1.52 bits per heavy atom. The van der Waals surface area contributed by atoms with Crippen molar-refractivity contribution in [1.82, 2.24) is 20.2 Å². The van der Waals surface area contributed by atoms with E-state index in [9.17, 15) is 0 Å². The van der Waals surface area contributed by atoms with E-state index in [1.165, 1.54) is 10.8 Å². The zero-order valence-electron chi connectivity index (χ0n) is 13.3. The van der Waals surface area contributed by atoms with E-state index >= 15 is 0 Å². The predicted molar refractivity (Wildman–Crippen MR) is 100 cm³/mol. The average Bonchev–Trinajstić information content (AvgIpc) is 3.21. The molecule has 3 aromatic heterocycles. The minimum absolute atomic E-state index is 0.993. The second kappa shape index (κ2) is 5.53. The Labute approximate surface area is 144 Å². The summed E-state index contributed by atoms with van der Waals surface area (Å²) in [5.74, 6) is 0. The van der Waals surface area contributed by atoms with E-state index in [1.54, 1.807) is 6.20 Å². The third kappa shape index (κ3) is 2.11. The quantitative estimate of drug-likeness (QED) is 0.473. The summed E-state index contributed by atoms with van der Waals surface area (Å²) in [6, 6.07) is 16.7. The first kappa shape index (κ1) is 13.9. The number of rotatable bonds is 2. The maximum atomic E-state index is 4.72. The highest BCUT2D eigenvalue weighted by Gasteiger charge is 2.17. The fourth-order valence-electron chi connectivity index (χ4n) is 3.52. The SMILES string of the molecule is c1ccc2c(-c3cc[nH]c3)c3ncccc3c(-c3ccnnc3)c2c1. The summed E-state index contributed by atoms with van der Waals surface area (Å²) in [6.45, 7) is 0. The summed E-state index contributed by atoms with van der Waals surface area (Å²) in [4.78, 5) is 7.88. The van der Waals surface area contributed by atoms with E-state index in [-0.39, 0.29) is 0 Å². The highest BCUT2D eigenvalue weighted by Crippen LogP contribution is 2.42. The number of aromatic nitrogens is 4. The van der Waals surface area contributed by atoms with Crippen LogP contribution in [0.25, 0.3) is 43.9 Å². The van der Waals surface area contributed by atoms with Gasteiger partial charge in [-0.25, -0.2) is 0 Å². The van der Waals surface area contributed by atoms with Crippen LogP contribution in [0.5, 0.6) is 0 Å². The molecule has 5 aromatic rings. The van der Waals surface area contributed by atoms with Crippen LogP contribution in [-0.2, 0) is 0 Å². The molecule has 3 heterocycles. The lowest BCUT2D eigenvalue weighted by Gasteiger charge is -2.15. The van der Waals surface area contributed by atoms with Crippen molar-refractivity contribution in [2.24, 2.45) is 0 Å². The van der Waals surface area contributed by atoms with Gasteiger partial charge in [0, 0.05) is 46.2 Å². The Morgan fingerprint density at radius 3 is 2.28 bits per heavy atom.